The van der Waals surface area contributed by atoms with Crippen molar-refractivity contribution in [3.63, 3.8) is 0 Å². The van der Waals surface area contributed by atoms with Crippen LogP contribution in [0.2, 0.25) is 6.04 Å². The molecule has 0 bridgehead atoms. The summed E-state index contributed by atoms with van der Waals surface area (Å²) in [6, 6.07) is 9.19. The maximum atomic E-state index is 12.5. The molecule has 0 amide bonds. The topological polar surface area (TPSA) is 90.0 Å². The maximum absolute atomic E-state index is 12.5. The number of sulfonamides is 1. The van der Waals surface area contributed by atoms with Crippen LogP contribution in [0.3, 0.4) is 0 Å². The van der Waals surface area contributed by atoms with E-state index >= 15 is 0 Å². The van der Waals surface area contributed by atoms with Gasteiger partial charge in [-0.05, 0) is 31.5 Å². The first-order chi connectivity index (χ1) is 14.7. The van der Waals surface area contributed by atoms with E-state index in [4.69, 9.17) is 8.61 Å². The first-order valence-corrected chi connectivity index (χ1v) is 15.0. The molecule has 1 aromatic carbocycles. The summed E-state index contributed by atoms with van der Waals surface area (Å²) < 4.78 is 60.8. The number of hydrogen-bond donors (Lipinski definition) is 0. The minimum absolute atomic E-state index is 0.0373. The Balaban J connectivity index is 2.23. The summed E-state index contributed by atoms with van der Waals surface area (Å²) in [5.41, 5.74) is 0. The van der Waals surface area contributed by atoms with Gasteiger partial charge >= 0.3 is 0 Å². The van der Waals surface area contributed by atoms with Crippen LogP contribution in [-0.4, -0.2) is 63.5 Å². The lowest BCUT2D eigenvalue weighted by atomic mass is 10.1. The molecule has 0 fully saturated rings. The zero-order chi connectivity index (χ0) is 23.2. The van der Waals surface area contributed by atoms with Crippen molar-refractivity contribution in [2.24, 2.45) is 0 Å². The second-order valence-electron chi connectivity index (χ2n) is 7.69. The molecule has 0 saturated heterocycles. The number of hydrogen-bond acceptors (Lipinski definition) is 6. The molecule has 0 aliphatic carbocycles. The largest absolute Gasteiger partial charge is 0.421 e. The van der Waals surface area contributed by atoms with E-state index < -0.39 is 26.2 Å². The molecule has 0 N–H and O–H groups in total. The SMILES string of the molecule is CO[Si]CCCCCCCCCCS(=O)(=O)OC(C)CN(C)S(=O)(=O)c1ccccc1. The Morgan fingerprint density at radius 2 is 1.45 bits per heavy atom. The average molecular weight is 492 g/mol. The normalized spacial score (nSPS) is 13.5. The molecule has 2 radical (unpaired) electrons. The van der Waals surface area contributed by atoms with E-state index in [9.17, 15) is 16.8 Å². The molecule has 0 saturated carbocycles. The molecule has 10 heteroatoms. The Hall–Kier alpha value is -0.783. The number of unbranched alkanes of at least 4 members (excludes halogenated alkanes) is 7. The summed E-state index contributed by atoms with van der Waals surface area (Å²) in [6.07, 6.45) is 7.62. The number of likely N-dealkylation sites (N-methyl/N-ethyl adjacent to an activating group) is 1. The first-order valence-electron chi connectivity index (χ1n) is 10.9. The van der Waals surface area contributed by atoms with Crippen molar-refractivity contribution in [2.75, 3.05) is 26.5 Å². The molecule has 0 aliphatic heterocycles. The predicted octanol–water partition coefficient (Wildman–Crippen LogP) is 3.85. The van der Waals surface area contributed by atoms with Crippen molar-refractivity contribution in [1.29, 1.82) is 0 Å². The lowest BCUT2D eigenvalue weighted by Crippen LogP contribution is -2.35. The van der Waals surface area contributed by atoms with Crippen LogP contribution in [0, 0.1) is 0 Å². The Bertz CT molecular complexity index is 802. The van der Waals surface area contributed by atoms with Gasteiger partial charge in [-0.25, -0.2) is 8.42 Å². The minimum Gasteiger partial charge on any atom is -0.421 e. The monoisotopic (exact) mass is 491 g/mol. The van der Waals surface area contributed by atoms with Gasteiger partial charge in [0.15, 0.2) is 0 Å². The van der Waals surface area contributed by atoms with Gasteiger partial charge in [0.25, 0.3) is 10.1 Å². The Labute approximate surface area is 191 Å². The van der Waals surface area contributed by atoms with E-state index in [-0.39, 0.29) is 17.2 Å². The fraction of sp³-hybridized carbons (Fsp3) is 0.714. The molecular weight excluding hydrogens is 454 g/mol. The van der Waals surface area contributed by atoms with Crippen LogP contribution in [-0.2, 0) is 28.8 Å². The summed E-state index contributed by atoms with van der Waals surface area (Å²) >= 11 is 0. The highest BCUT2D eigenvalue weighted by atomic mass is 32.2. The first kappa shape index (κ1) is 28.2. The summed E-state index contributed by atoms with van der Waals surface area (Å²) in [5, 5.41) is 0. The minimum atomic E-state index is -3.68. The zero-order valence-electron chi connectivity index (χ0n) is 19.0. The van der Waals surface area contributed by atoms with Gasteiger partial charge in [-0.3, -0.25) is 4.18 Å². The number of benzene rings is 1. The molecular formula is C21H37NO6S2Si. The van der Waals surface area contributed by atoms with Crippen LogP contribution >= 0.6 is 0 Å². The Morgan fingerprint density at radius 1 is 0.903 bits per heavy atom. The smallest absolute Gasteiger partial charge is 0.267 e. The van der Waals surface area contributed by atoms with Crippen molar-refractivity contribution >= 4 is 29.9 Å². The highest BCUT2D eigenvalue weighted by molar-refractivity contribution is 7.89. The molecule has 0 spiro atoms. The molecule has 0 heterocycles. The van der Waals surface area contributed by atoms with Crippen LogP contribution in [0.25, 0.3) is 0 Å². The molecule has 31 heavy (non-hydrogen) atoms. The van der Waals surface area contributed by atoms with Gasteiger partial charge in [0.2, 0.25) is 19.8 Å². The van der Waals surface area contributed by atoms with E-state index in [0.717, 1.165) is 29.6 Å². The Kier molecular flexibility index (Phi) is 13.8. The van der Waals surface area contributed by atoms with E-state index in [1.807, 2.05) is 0 Å². The van der Waals surface area contributed by atoms with E-state index in [1.54, 1.807) is 32.2 Å². The molecule has 178 valence electrons. The summed E-state index contributed by atoms with van der Waals surface area (Å²) in [7, 11) is -3.59. The van der Waals surface area contributed by atoms with Gasteiger partial charge in [0, 0.05) is 20.7 Å². The lowest BCUT2D eigenvalue weighted by molar-refractivity contribution is 0.202. The van der Waals surface area contributed by atoms with Crippen molar-refractivity contribution in [3.05, 3.63) is 30.3 Å². The van der Waals surface area contributed by atoms with Crippen LogP contribution in [0.15, 0.2) is 35.2 Å². The highest BCUT2D eigenvalue weighted by Gasteiger charge is 2.24. The summed E-state index contributed by atoms with van der Waals surface area (Å²) in [6.45, 7) is 1.53. The molecule has 0 aromatic heterocycles. The molecule has 1 unspecified atom stereocenters. The van der Waals surface area contributed by atoms with Crippen LogP contribution < -0.4 is 0 Å². The molecule has 1 atom stereocenters. The molecule has 7 nitrogen and oxygen atoms in total. The van der Waals surface area contributed by atoms with Gasteiger partial charge in [-0.15, -0.1) is 0 Å². The van der Waals surface area contributed by atoms with Crippen LogP contribution in [0.1, 0.15) is 58.3 Å². The third-order valence-corrected chi connectivity index (χ3v) is 8.94. The van der Waals surface area contributed by atoms with Crippen molar-refractivity contribution in [3.8, 4) is 0 Å². The van der Waals surface area contributed by atoms with Crippen molar-refractivity contribution in [1.82, 2.24) is 4.31 Å². The molecule has 1 aromatic rings. The Morgan fingerprint density at radius 3 is 2.03 bits per heavy atom. The quantitative estimate of drug-likeness (QED) is 0.176. The second-order valence-corrected chi connectivity index (χ2v) is 12.7. The summed E-state index contributed by atoms with van der Waals surface area (Å²) in [4.78, 5) is 0.169. The fourth-order valence-electron chi connectivity index (χ4n) is 3.20. The van der Waals surface area contributed by atoms with Crippen LogP contribution in [0.5, 0.6) is 0 Å². The highest BCUT2D eigenvalue weighted by Crippen LogP contribution is 2.16. The van der Waals surface area contributed by atoms with E-state index in [0.29, 0.717) is 16.2 Å². The third kappa shape index (κ3) is 12.1. The second kappa shape index (κ2) is 15.1. The van der Waals surface area contributed by atoms with Gasteiger partial charge in [0.05, 0.1) is 16.8 Å². The van der Waals surface area contributed by atoms with Gasteiger partial charge in [-0.2, -0.15) is 12.7 Å². The van der Waals surface area contributed by atoms with Crippen LogP contribution in [0.4, 0.5) is 0 Å². The molecule has 1 rings (SSSR count). The average Bonchev–Trinajstić information content (AvgIpc) is 2.72. The van der Waals surface area contributed by atoms with Gasteiger partial charge in [0.1, 0.15) is 0 Å². The van der Waals surface area contributed by atoms with Gasteiger partial charge in [-0.1, -0.05) is 63.1 Å². The van der Waals surface area contributed by atoms with Crippen molar-refractivity contribution in [2.45, 2.75) is 75.3 Å². The van der Waals surface area contributed by atoms with E-state index in [2.05, 4.69) is 0 Å². The number of rotatable bonds is 18. The third-order valence-electron chi connectivity index (χ3n) is 4.84. The van der Waals surface area contributed by atoms with Gasteiger partial charge < -0.3 is 4.43 Å². The zero-order valence-corrected chi connectivity index (χ0v) is 21.6. The van der Waals surface area contributed by atoms with E-state index in [1.165, 1.54) is 44.9 Å². The molecule has 0 aliphatic rings. The maximum Gasteiger partial charge on any atom is 0.267 e. The lowest BCUT2D eigenvalue weighted by Gasteiger charge is -2.21. The summed E-state index contributed by atoms with van der Waals surface area (Å²) in [5.74, 6) is -0.0373. The standard InChI is InChI=1S/C21H37NO6S2Si/c1-20(19-22(2)30(25,26)21-15-11-10-12-16-21)28-29(23,24)17-13-8-6-4-5-7-9-14-18-31-27-3/h10-12,15-16,20H,4-9,13-14,17-19H2,1-3H3. The fourth-order valence-corrected chi connectivity index (χ4v) is 6.28. The predicted molar refractivity (Wildman–Crippen MR) is 125 cm³/mol. The number of nitrogens with zero attached hydrogens (tertiary/aromatic N) is 1. The van der Waals surface area contributed by atoms with Crippen molar-refractivity contribution < 1.29 is 25.4 Å².